The molecule has 0 spiro atoms. The Balaban J connectivity index is 1.53. The molecule has 2 aromatic heterocycles. The van der Waals surface area contributed by atoms with Gasteiger partial charge in [-0.25, -0.2) is 15.0 Å². The highest BCUT2D eigenvalue weighted by Gasteiger charge is 2.44. The monoisotopic (exact) mass is 378 g/mol. The number of nitrogens with one attached hydrogen (secondary N) is 1. The van der Waals surface area contributed by atoms with Crippen LogP contribution in [-0.4, -0.2) is 90.3 Å². The molecular weight excluding hydrogens is 352 g/mol. The van der Waals surface area contributed by atoms with E-state index in [1.54, 1.807) is 4.57 Å². The molecule has 2 fully saturated rings. The second kappa shape index (κ2) is 7.28. The molecule has 0 amide bonds. The largest absolute Gasteiger partial charge is 0.394 e. The summed E-state index contributed by atoms with van der Waals surface area (Å²) in [7, 11) is 2.13. The van der Waals surface area contributed by atoms with Crippen molar-refractivity contribution >= 4 is 17.0 Å². The molecule has 3 heterocycles. The number of aromatic nitrogens is 4. The zero-order valence-corrected chi connectivity index (χ0v) is 15.4. The number of hydrogen-bond acceptors (Lipinski definition) is 9. The van der Waals surface area contributed by atoms with E-state index in [-0.39, 0.29) is 6.61 Å². The first kappa shape index (κ1) is 18.5. The van der Waals surface area contributed by atoms with E-state index in [4.69, 9.17) is 4.74 Å². The standard InChI is InChI=1S/C17H26N6O4/c1-9(22(2)10-3-4-10)5-18-15-12-16(20-7-19-15)23(8-21-12)17-14(26)13(25)11(6-24)27-17/h7-11,13-14,17,24-26H,3-6H2,1-2H3,(H,18,19,20)/t9?,11-,13-,14-,17-/m1/s1. The summed E-state index contributed by atoms with van der Waals surface area (Å²) in [5.74, 6) is 0.613. The molecule has 1 saturated heterocycles. The maximum atomic E-state index is 10.3. The first-order valence-corrected chi connectivity index (χ1v) is 9.27. The molecule has 2 aromatic rings. The van der Waals surface area contributed by atoms with Gasteiger partial charge in [-0.05, 0) is 26.8 Å². The zero-order chi connectivity index (χ0) is 19.1. The van der Waals surface area contributed by atoms with E-state index in [9.17, 15) is 15.3 Å². The molecule has 27 heavy (non-hydrogen) atoms. The number of rotatable bonds is 7. The van der Waals surface area contributed by atoms with Crippen molar-refractivity contribution in [3.63, 3.8) is 0 Å². The van der Waals surface area contributed by atoms with Crippen LogP contribution in [0.3, 0.4) is 0 Å². The molecule has 0 aromatic carbocycles. The third-order valence-electron chi connectivity index (χ3n) is 5.53. The highest BCUT2D eigenvalue weighted by molar-refractivity contribution is 5.82. The minimum atomic E-state index is -1.18. The lowest BCUT2D eigenvalue weighted by atomic mass is 10.1. The van der Waals surface area contributed by atoms with Crippen LogP contribution in [0, 0.1) is 0 Å². The van der Waals surface area contributed by atoms with E-state index in [0.717, 1.165) is 6.54 Å². The Labute approximate surface area is 156 Å². The van der Waals surface area contributed by atoms with Crippen molar-refractivity contribution in [2.75, 3.05) is 25.5 Å². The smallest absolute Gasteiger partial charge is 0.167 e. The molecule has 10 nitrogen and oxygen atoms in total. The summed E-state index contributed by atoms with van der Waals surface area (Å²) in [5.41, 5.74) is 1.06. The highest BCUT2D eigenvalue weighted by atomic mass is 16.6. The van der Waals surface area contributed by atoms with Crippen LogP contribution in [0.15, 0.2) is 12.7 Å². The molecule has 1 aliphatic carbocycles. The number of hydrogen-bond donors (Lipinski definition) is 4. The number of aliphatic hydroxyl groups excluding tert-OH is 3. The molecule has 5 atom stereocenters. The van der Waals surface area contributed by atoms with Crippen molar-refractivity contribution in [3.05, 3.63) is 12.7 Å². The summed E-state index contributed by atoms with van der Waals surface area (Å²) in [5, 5.41) is 32.8. The first-order valence-electron chi connectivity index (χ1n) is 9.27. The second-order valence-corrected chi connectivity index (χ2v) is 7.40. The van der Waals surface area contributed by atoms with Crippen LogP contribution in [-0.2, 0) is 4.74 Å². The fourth-order valence-corrected chi connectivity index (χ4v) is 3.51. The molecule has 4 N–H and O–H groups in total. The molecule has 1 unspecified atom stereocenters. The highest BCUT2D eigenvalue weighted by Crippen LogP contribution is 2.32. The third kappa shape index (κ3) is 3.39. The van der Waals surface area contributed by atoms with Crippen LogP contribution >= 0.6 is 0 Å². The lowest BCUT2D eigenvalue weighted by Gasteiger charge is -2.24. The molecule has 4 rings (SSSR count). The van der Waals surface area contributed by atoms with Crippen LogP contribution in [0.2, 0.25) is 0 Å². The zero-order valence-electron chi connectivity index (χ0n) is 15.4. The Hall–Kier alpha value is -1.85. The van der Waals surface area contributed by atoms with Gasteiger partial charge in [0, 0.05) is 18.6 Å². The van der Waals surface area contributed by atoms with Gasteiger partial charge in [-0.15, -0.1) is 0 Å². The van der Waals surface area contributed by atoms with Crippen molar-refractivity contribution < 1.29 is 20.1 Å². The van der Waals surface area contributed by atoms with Gasteiger partial charge in [-0.3, -0.25) is 9.47 Å². The van der Waals surface area contributed by atoms with Gasteiger partial charge in [0.15, 0.2) is 23.2 Å². The summed E-state index contributed by atoms with van der Waals surface area (Å²) in [4.78, 5) is 15.3. The number of aliphatic hydroxyl groups is 3. The van der Waals surface area contributed by atoms with Gasteiger partial charge in [0.25, 0.3) is 0 Å². The molecular formula is C17H26N6O4. The number of fused-ring (bicyclic) bond motifs is 1. The number of anilines is 1. The third-order valence-corrected chi connectivity index (χ3v) is 5.53. The lowest BCUT2D eigenvalue weighted by Crippen LogP contribution is -2.36. The van der Waals surface area contributed by atoms with Crippen molar-refractivity contribution in [2.24, 2.45) is 0 Å². The predicted molar refractivity (Wildman–Crippen MR) is 97.1 cm³/mol. The minimum Gasteiger partial charge on any atom is -0.394 e. The molecule has 2 aliphatic rings. The van der Waals surface area contributed by atoms with Crippen LogP contribution in [0.25, 0.3) is 11.2 Å². The van der Waals surface area contributed by atoms with Crippen molar-refractivity contribution in [1.82, 2.24) is 24.4 Å². The number of ether oxygens (including phenoxy) is 1. The first-order chi connectivity index (χ1) is 13.0. The second-order valence-electron chi connectivity index (χ2n) is 7.40. The van der Waals surface area contributed by atoms with Crippen LogP contribution in [0.5, 0.6) is 0 Å². The lowest BCUT2D eigenvalue weighted by molar-refractivity contribution is -0.0511. The van der Waals surface area contributed by atoms with Crippen molar-refractivity contribution in [2.45, 2.75) is 56.4 Å². The van der Waals surface area contributed by atoms with E-state index >= 15 is 0 Å². The van der Waals surface area contributed by atoms with Gasteiger partial charge in [0.2, 0.25) is 0 Å². The Morgan fingerprint density at radius 1 is 1.30 bits per heavy atom. The Kier molecular flexibility index (Phi) is 4.99. The Bertz CT molecular complexity index is 797. The van der Waals surface area contributed by atoms with E-state index in [2.05, 4.69) is 39.1 Å². The normalized spacial score (nSPS) is 29.6. The molecule has 1 aliphatic heterocycles. The van der Waals surface area contributed by atoms with Gasteiger partial charge < -0.3 is 25.4 Å². The minimum absolute atomic E-state index is 0.352. The number of nitrogens with zero attached hydrogens (tertiary/aromatic N) is 5. The average Bonchev–Trinajstić information content (AvgIpc) is 3.38. The van der Waals surface area contributed by atoms with Gasteiger partial charge in [-0.2, -0.15) is 0 Å². The summed E-state index contributed by atoms with van der Waals surface area (Å²) in [6, 6.07) is 1.03. The summed E-state index contributed by atoms with van der Waals surface area (Å²) < 4.78 is 7.14. The number of imidazole rings is 1. The average molecular weight is 378 g/mol. The summed E-state index contributed by atoms with van der Waals surface area (Å²) >= 11 is 0. The maximum absolute atomic E-state index is 10.3. The van der Waals surface area contributed by atoms with Crippen LogP contribution in [0.1, 0.15) is 26.0 Å². The van der Waals surface area contributed by atoms with Gasteiger partial charge in [0.05, 0.1) is 12.9 Å². The molecule has 0 radical (unpaired) electrons. The SMILES string of the molecule is CC(CNc1ncnc2c1ncn2[C@@H]1O[C@H](CO)[C@@H](O)[C@H]1O)N(C)C1CC1. The number of likely N-dealkylation sites (N-methyl/N-ethyl adjacent to an activating group) is 1. The van der Waals surface area contributed by atoms with Crippen molar-refractivity contribution in [1.29, 1.82) is 0 Å². The molecule has 1 saturated carbocycles. The van der Waals surface area contributed by atoms with E-state index < -0.39 is 24.5 Å². The van der Waals surface area contributed by atoms with E-state index in [1.165, 1.54) is 25.5 Å². The Morgan fingerprint density at radius 3 is 2.74 bits per heavy atom. The van der Waals surface area contributed by atoms with E-state index in [0.29, 0.717) is 29.1 Å². The topological polar surface area (TPSA) is 129 Å². The van der Waals surface area contributed by atoms with Crippen molar-refractivity contribution in [3.8, 4) is 0 Å². The van der Waals surface area contributed by atoms with Gasteiger partial charge in [-0.1, -0.05) is 0 Å². The Morgan fingerprint density at radius 2 is 2.07 bits per heavy atom. The van der Waals surface area contributed by atoms with E-state index in [1.807, 2.05) is 0 Å². The van der Waals surface area contributed by atoms with Gasteiger partial charge >= 0.3 is 0 Å². The summed E-state index contributed by atoms with van der Waals surface area (Å²) in [6.07, 6.45) is 1.38. The van der Waals surface area contributed by atoms with Gasteiger partial charge in [0.1, 0.15) is 24.6 Å². The predicted octanol–water partition coefficient (Wildman–Crippen LogP) is -0.668. The molecule has 10 heteroatoms. The fraction of sp³-hybridized carbons (Fsp3) is 0.706. The summed E-state index contributed by atoms with van der Waals surface area (Å²) in [6.45, 7) is 2.51. The fourth-order valence-electron chi connectivity index (χ4n) is 3.51. The van der Waals surface area contributed by atoms with Crippen LogP contribution in [0.4, 0.5) is 5.82 Å². The molecule has 148 valence electrons. The van der Waals surface area contributed by atoms with Crippen LogP contribution < -0.4 is 5.32 Å². The maximum Gasteiger partial charge on any atom is 0.167 e. The molecule has 0 bridgehead atoms. The quantitative estimate of drug-likeness (QED) is 0.496.